The van der Waals surface area contributed by atoms with E-state index >= 15 is 0 Å². The molecule has 0 heterocycles. The van der Waals surface area contributed by atoms with Gasteiger partial charge in [-0.05, 0) is 0 Å². The average molecular weight is 647 g/mol. The summed E-state index contributed by atoms with van der Waals surface area (Å²) in [4.78, 5) is 36.4. The van der Waals surface area contributed by atoms with Crippen LogP contribution in [0.1, 0.15) is 31.1 Å². The van der Waals surface area contributed by atoms with Gasteiger partial charge in [-0.2, -0.15) is 0 Å². The van der Waals surface area contributed by atoms with Gasteiger partial charge in [0.05, 0.1) is 0 Å². The molecule has 0 saturated carbocycles. The van der Waals surface area contributed by atoms with Gasteiger partial charge in [-0.1, -0.05) is 0 Å². The second-order valence-electron chi connectivity index (χ2n) is 7.01. The van der Waals surface area contributed by atoms with Crippen molar-refractivity contribution in [3.8, 4) is 0 Å². The fourth-order valence-corrected chi connectivity index (χ4v) is 12.0. The Hall–Kier alpha value is -3.83. The van der Waals surface area contributed by atoms with E-state index in [2.05, 4.69) is 35.7 Å². The first-order valence-corrected chi connectivity index (χ1v) is 15.6. The zero-order valence-corrected chi connectivity index (χ0v) is 21.9. The maximum absolute atomic E-state index is 12.1. The van der Waals surface area contributed by atoms with Crippen LogP contribution < -0.4 is 25.8 Å². The molecule has 0 atom stereocenters. The van der Waals surface area contributed by atoms with Crippen LogP contribution in [0.3, 0.4) is 0 Å². The molecule has 0 aliphatic rings. The summed E-state index contributed by atoms with van der Waals surface area (Å²) in [6.45, 7) is 10.6. The predicted octanol–water partition coefficient (Wildman–Crippen LogP) is 1.82. The normalized spacial score (nSPS) is 10.1. The maximum atomic E-state index is 12.1. The van der Waals surface area contributed by atoms with Crippen molar-refractivity contribution in [1.82, 2.24) is 16.0 Å². The monoisotopic (exact) mass is 647 g/mol. The number of carbonyl (C=O) groups excluding carboxylic acids is 3. The van der Waals surface area contributed by atoms with Crippen molar-refractivity contribution in [3.63, 3.8) is 0 Å². The van der Waals surface area contributed by atoms with Gasteiger partial charge in [-0.15, -0.1) is 0 Å². The molecule has 0 fully saturated rings. The molecule has 34 heavy (non-hydrogen) atoms. The third-order valence-electron chi connectivity index (χ3n) is 4.86. The number of hydrogen-bond acceptors (Lipinski definition) is 3. The summed E-state index contributed by atoms with van der Waals surface area (Å²) in [6.07, 6.45) is 4.06. The van der Waals surface area contributed by atoms with Crippen LogP contribution in [-0.4, -0.2) is 39.5 Å². The molecule has 0 unspecified atom stereocenters. The average Bonchev–Trinajstić information content (AvgIpc) is 2.86. The number of nitrogens with one attached hydrogen (secondary N) is 3. The topological polar surface area (TPSA) is 87.3 Å². The third kappa shape index (κ3) is 5.94. The molecule has 7 heteroatoms. The van der Waals surface area contributed by atoms with E-state index in [-0.39, 0.29) is 17.7 Å². The van der Waals surface area contributed by atoms with E-state index < -0.39 is 21.8 Å². The van der Waals surface area contributed by atoms with Gasteiger partial charge >= 0.3 is 207 Å². The Bertz CT molecular complexity index is 1060. The van der Waals surface area contributed by atoms with Crippen LogP contribution in [0.25, 0.3) is 0 Å². The minimum atomic E-state index is -2.80. The molecule has 0 saturated heterocycles. The molecule has 0 aliphatic heterocycles. The van der Waals surface area contributed by atoms with Crippen LogP contribution in [0.4, 0.5) is 0 Å². The van der Waals surface area contributed by atoms with Crippen molar-refractivity contribution in [2.45, 2.75) is 0 Å². The first-order valence-electron chi connectivity index (χ1n) is 10.3. The molecule has 0 aromatic heterocycles. The van der Waals surface area contributed by atoms with Gasteiger partial charge in [-0.3, -0.25) is 0 Å². The molecule has 0 spiro atoms. The Morgan fingerprint density at radius 2 is 0.735 bits per heavy atom. The number of rotatable bonds is 9. The van der Waals surface area contributed by atoms with E-state index in [1.54, 1.807) is 36.4 Å². The molecule has 3 amide bonds. The van der Waals surface area contributed by atoms with Crippen LogP contribution in [-0.2, 0) is 0 Å². The number of hydrogen-bond donors (Lipinski definition) is 3. The quantitative estimate of drug-likeness (QED) is 0.310. The van der Waals surface area contributed by atoms with Crippen LogP contribution in [0, 0.1) is 0 Å². The Labute approximate surface area is 206 Å². The van der Waals surface area contributed by atoms with Crippen molar-refractivity contribution in [1.29, 1.82) is 0 Å². The zero-order chi connectivity index (χ0) is 24.5. The summed E-state index contributed by atoms with van der Waals surface area (Å²) in [5, 5.41) is 7.74. The number of amides is 3. The van der Waals surface area contributed by atoms with Gasteiger partial charge in [0, 0.05) is 0 Å². The van der Waals surface area contributed by atoms with Crippen LogP contribution >= 0.6 is 0 Å². The first-order chi connectivity index (χ1) is 16.5. The molecule has 0 aliphatic carbocycles. The Morgan fingerprint density at radius 3 is 0.941 bits per heavy atom. The molecule has 0 bridgehead atoms. The summed E-state index contributed by atoms with van der Waals surface area (Å²) >= 11 is -2.80. The molecule has 3 aromatic rings. The van der Waals surface area contributed by atoms with E-state index in [0.29, 0.717) is 16.7 Å². The van der Waals surface area contributed by atoms with E-state index in [1.807, 2.05) is 36.4 Å². The van der Waals surface area contributed by atoms with Crippen molar-refractivity contribution >= 4 is 49.3 Å². The van der Waals surface area contributed by atoms with Gasteiger partial charge in [0.15, 0.2) is 0 Å². The molecule has 3 aromatic carbocycles. The Morgan fingerprint density at radius 1 is 0.500 bits per heavy atom. The van der Waals surface area contributed by atoms with E-state index in [9.17, 15) is 14.4 Å². The third-order valence-corrected chi connectivity index (χ3v) is 14.4. The molecular formula is C27H24BiN3O3. The molecular weight excluding hydrogens is 623 g/mol. The molecule has 0 radical (unpaired) electrons. The minimum absolute atomic E-state index is 0.220. The van der Waals surface area contributed by atoms with Gasteiger partial charge in [0.25, 0.3) is 0 Å². The zero-order valence-electron chi connectivity index (χ0n) is 18.5. The van der Waals surface area contributed by atoms with E-state index in [0.717, 1.165) is 9.81 Å². The Balaban J connectivity index is 2.01. The van der Waals surface area contributed by atoms with Crippen molar-refractivity contribution in [2.75, 3.05) is 0 Å². The summed E-state index contributed by atoms with van der Waals surface area (Å²) in [7, 11) is 0. The van der Waals surface area contributed by atoms with Crippen molar-refractivity contribution < 1.29 is 14.4 Å². The molecule has 3 rings (SSSR count). The fourth-order valence-electron chi connectivity index (χ4n) is 3.26. The Kier molecular flexibility index (Phi) is 8.66. The second-order valence-corrected chi connectivity index (χ2v) is 15.6. The van der Waals surface area contributed by atoms with E-state index in [1.165, 1.54) is 18.6 Å². The number of benzene rings is 3. The van der Waals surface area contributed by atoms with Crippen LogP contribution in [0.5, 0.6) is 0 Å². The SMILES string of the molecule is C=CNC(=O)c1cc[c]([Bi]([c]2ccc(C(=O)NC=C)cc2)[c]2ccc(C(=O)NC=C)cc2)cc1. The molecule has 3 N–H and O–H groups in total. The first kappa shape index (κ1) is 24.8. The summed E-state index contributed by atoms with van der Waals surface area (Å²) < 4.78 is 3.45. The van der Waals surface area contributed by atoms with Gasteiger partial charge in [0.2, 0.25) is 0 Å². The molecule has 170 valence electrons. The van der Waals surface area contributed by atoms with Crippen LogP contribution in [0.2, 0.25) is 0 Å². The number of carbonyl (C=O) groups is 3. The summed E-state index contributed by atoms with van der Waals surface area (Å²) in [5.41, 5.74) is 1.63. The standard InChI is InChI=1S/3C9H8NO.Bi/c3*1-2-10-9(11)8-6-4-3-5-7-8;/h3*2,4-7H,1H2,(H,10,11);. The van der Waals surface area contributed by atoms with Crippen LogP contribution in [0.15, 0.2) is 111 Å². The van der Waals surface area contributed by atoms with Gasteiger partial charge in [0.1, 0.15) is 0 Å². The molecule has 6 nitrogen and oxygen atoms in total. The fraction of sp³-hybridized carbons (Fsp3) is 0. The van der Waals surface area contributed by atoms with Crippen molar-refractivity contribution in [3.05, 3.63) is 128 Å². The summed E-state index contributed by atoms with van der Waals surface area (Å²) in [5.74, 6) is -0.659. The van der Waals surface area contributed by atoms with Crippen molar-refractivity contribution in [2.24, 2.45) is 0 Å². The second kappa shape index (κ2) is 11.9. The van der Waals surface area contributed by atoms with Gasteiger partial charge < -0.3 is 0 Å². The van der Waals surface area contributed by atoms with Gasteiger partial charge in [-0.25, -0.2) is 0 Å². The van der Waals surface area contributed by atoms with E-state index in [4.69, 9.17) is 0 Å². The predicted molar refractivity (Wildman–Crippen MR) is 137 cm³/mol. The summed E-state index contributed by atoms with van der Waals surface area (Å²) in [6, 6.07) is 22.7.